The van der Waals surface area contributed by atoms with Crippen molar-refractivity contribution in [3.05, 3.63) is 66.0 Å². The van der Waals surface area contributed by atoms with Crippen molar-refractivity contribution in [2.45, 2.75) is 19.8 Å². The minimum absolute atomic E-state index is 0.0414. The van der Waals surface area contributed by atoms with E-state index in [0.29, 0.717) is 23.6 Å². The molecule has 0 aromatic heterocycles. The van der Waals surface area contributed by atoms with E-state index in [4.69, 9.17) is 17.0 Å². The second kappa shape index (κ2) is 12.8. The van der Waals surface area contributed by atoms with Crippen LogP contribution in [0.1, 0.15) is 25.3 Å². The van der Waals surface area contributed by atoms with E-state index in [-0.39, 0.29) is 29.7 Å². The number of ether oxygens (including phenoxy) is 1. The highest BCUT2D eigenvalue weighted by molar-refractivity contribution is 7.80. The number of hydrazine groups is 1. The summed E-state index contributed by atoms with van der Waals surface area (Å²) < 4.78 is 18.2. The summed E-state index contributed by atoms with van der Waals surface area (Å²) in [5.41, 5.74) is 5.91. The van der Waals surface area contributed by atoms with Crippen LogP contribution >= 0.6 is 12.2 Å². The van der Waals surface area contributed by atoms with Gasteiger partial charge < -0.3 is 10.1 Å². The fourth-order valence-corrected chi connectivity index (χ4v) is 2.52. The molecule has 0 atom stereocenters. The van der Waals surface area contributed by atoms with E-state index in [2.05, 4.69) is 21.5 Å². The van der Waals surface area contributed by atoms with Gasteiger partial charge in [-0.25, -0.2) is 4.39 Å². The van der Waals surface area contributed by atoms with E-state index in [9.17, 15) is 18.8 Å². The molecule has 0 fully saturated rings. The highest BCUT2D eigenvalue weighted by atomic mass is 32.1. The zero-order chi connectivity index (χ0) is 23.3. The van der Waals surface area contributed by atoms with Gasteiger partial charge in [0.2, 0.25) is 17.7 Å². The molecule has 8 nitrogen and oxygen atoms in total. The maximum absolute atomic E-state index is 12.9. The Labute approximate surface area is 190 Å². The molecule has 0 aliphatic carbocycles. The summed E-state index contributed by atoms with van der Waals surface area (Å²) in [5, 5.41) is 4.91. The first-order chi connectivity index (χ1) is 15.4. The largest absolute Gasteiger partial charge is 0.494 e. The molecule has 0 heterocycles. The highest BCUT2D eigenvalue weighted by Crippen LogP contribution is 2.15. The SMILES string of the molecule is CCOc1ccc(NC(=O)CCC(=O)NNC(=S)NC(=O)/C=C/c2ccc(F)cc2)cc1. The van der Waals surface area contributed by atoms with Crippen LogP contribution in [0.2, 0.25) is 0 Å². The average molecular weight is 459 g/mol. The van der Waals surface area contributed by atoms with Crippen LogP contribution in [0, 0.1) is 5.82 Å². The lowest BCUT2D eigenvalue weighted by atomic mass is 10.2. The van der Waals surface area contributed by atoms with Crippen molar-refractivity contribution in [3.63, 3.8) is 0 Å². The lowest BCUT2D eigenvalue weighted by molar-refractivity contribution is -0.124. The molecular weight excluding hydrogens is 435 g/mol. The third kappa shape index (κ3) is 9.35. The monoisotopic (exact) mass is 458 g/mol. The van der Waals surface area contributed by atoms with Crippen LogP contribution in [0.3, 0.4) is 0 Å². The van der Waals surface area contributed by atoms with E-state index < -0.39 is 11.8 Å². The summed E-state index contributed by atoms with van der Waals surface area (Å²) in [4.78, 5) is 35.6. The summed E-state index contributed by atoms with van der Waals surface area (Å²) >= 11 is 4.92. The Morgan fingerprint density at radius 2 is 1.62 bits per heavy atom. The lowest BCUT2D eigenvalue weighted by Gasteiger charge is -2.10. The average Bonchev–Trinajstić information content (AvgIpc) is 2.77. The van der Waals surface area contributed by atoms with E-state index in [0.717, 1.165) is 0 Å². The number of hydrogen-bond donors (Lipinski definition) is 4. The van der Waals surface area contributed by atoms with Crippen LogP contribution in [-0.4, -0.2) is 29.4 Å². The van der Waals surface area contributed by atoms with Gasteiger partial charge in [-0.05, 0) is 67.2 Å². The summed E-state index contributed by atoms with van der Waals surface area (Å²) in [6.45, 7) is 2.43. The van der Waals surface area contributed by atoms with Crippen LogP contribution in [0.25, 0.3) is 6.08 Å². The minimum atomic E-state index is -0.532. The summed E-state index contributed by atoms with van der Waals surface area (Å²) in [5.74, 6) is -1.02. The van der Waals surface area contributed by atoms with Gasteiger partial charge in [0.15, 0.2) is 5.11 Å². The topological polar surface area (TPSA) is 109 Å². The van der Waals surface area contributed by atoms with Crippen LogP contribution in [0.15, 0.2) is 54.6 Å². The van der Waals surface area contributed by atoms with E-state index in [1.54, 1.807) is 24.3 Å². The Bertz CT molecular complexity index is 978. The maximum atomic E-state index is 12.9. The molecule has 0 radical (unpaired) electrons. The predicted octanol–water partition coefficient (Wildman–Crippen LogP) is 2.68. The van der Waals surface area contributed by atoms with Gasteiger partial charge in [0.05, 0.1) is 6.61 Å². The summed E-state index contributed by atoms with van der Waals surface area (Å²) in [6.07, 6.45) is 2.57. The fourth-order valence-electron chi connectivity index (χ4n) is 2.37. The first-order valence-corrected chi connectivity index (χ1v) is 10.1. The zero-order valence-electron chi connectivity index (χ0n) is 17.3. The third-order valence-electron chi connectivity index (χ3n) is 3.88. The summed E-state index contributed by atoms with van der Waals surface area (Å²) in [7, 11) is 0. The van der Waals surface area contributed by atoms with Crippen molar-refractivity contribution < 1.29 is 23.5 Å². The zero-order valence-corrected chi connectivity index (χ0v) is 18.1. The van der Waals surface area contributed by atoms with E-state index in [1.165, 1.54) is 36.4 Å². The van der Waals surface area contributed by atoms with Crippen molar-refractivity contribution in [1.29, 1.82) is 0 Å². The molecule has 168 valence electrons. The first kappa shape index (κ1) is 24.5. The molecule has 0 bridgehead atoms. The molecule has 0 saturated carbocycles. The number of nitrogens with one attached hydrogen (secondary N) is 4. The standard InChI is InChI=1S/C22H23FN4O4S/c1-2-31-18-10-8-17(9-11-18)24-19(28)13-14-21(30)26-27-22(32)25-20(29)12-5-15-3-6-16(23)7-4-15/h3-12H,2,13-14H2,1H3,(H,24,28)(H,26,30)(H2,25,27,29,32)/b12-5+. The van der Waals surface area contributed by atoms with Gasteiger partial charge in [0, 0.05) is 24.6 Å². The molecule has 0 aliphatic heterocycles. The quantitative estimate of drug-likeness (QED) is 0.275. The third-order valence-corrected chi connectivity index (χ3v) is 4.08. The van der Waals surface area contributed by atoms with Crippen molar-refractivity contribution in [2.75, 3.05) is 11.9 Å². The van der Waals surface area contributed by atoms with Crippen LogP contribution in [0.5, 0.6) is 5.75 Å². The highest BCUT2D eigenvalue weighted by Gasteiger charge is 2.08. The number of anilines is 1. The van der Waals surface area contributed by atoms with Gasteiger partial charge in [-0.15, -0.1) is 0 Å². The van der Waals surface area contributed by atoms with Crippen molar-refractivity contribution in [3.8, 4) is 5.75 Å². The minimum Gasteiger partial charge on any atom is -0.494 e. The molecule has 4 N–H and O–H groups in total. The Morgan fingerprint density at radius 1 is 0.969 bits per heavy atom. The number of carbonyl (C=O) groups excluding carboxylic acids is 3. The number of hydrogen-bond acceptors (Lipinski definition) is 5. The second-order valence-corrected chi connectivity index (χ2v) is 6.79. The molecule has 0 saturated heterocycles. The molecule has 3 amide bonds. The number of thiocarbonyl (C=S) groups is 1. The molecule has 2 rings (SSSR count). The molecule has 32 heavy (non-hydrogen) atoms. The van der Waals surface area contributed by atoms with Crippen LogP contribution < -0.4 is 26.2 Å². The van der Waals surface area contributed by atoms with Crippen molar-refractivity contribution in [1.82, 2.24) is 16.2 Å². The fraction of sp³-hybridized carbons (Fsp3) is 0.182. The van der Waals surface area contributed by atoms with Gasteiger partial charge in [-0.3, -0.25) is 30.6 Å². The Hall–Kier alpha value is -3.79. The Morgan fingerprint density at radius 3 is 2.28 bits per heavy atom. The number of benzene rings is 2. The maximum Gasteiger partial charge on any atom is 0.250 e. The molecule has 0 spiro atoms. The van der Waals surface area contributed by atoms with Crippen LogP contribution in [0.4, 0.5) is 10.1 Å². The first-order valence-electron chi connectivity index (χ1n) is 9.72. The second-order valence-electron chi connectivity index (χ2n) is 6.38. The van der Waals surface area contributed by atoms with Gasteiger partial charge in [0.1, 0.15) is 11.6 Å². The molecule has 0 unspecified atom stereocenters. The summed E-state index contributed by atoms with van der Waals surface area (Å²) in [6, 6.07) is 12.5. The predicted molar refractivity (Wildman–Crippen MR) is 123 cm³/mol. The Balaban J connectivity index is 1.65. The molecule has 2 aromatic carbocycles. The van der Waals surface area contributed by atoms with Crippen LogP contribution in [-0.2, 0) is 14.4 Å². The van der Waals surface area contributed by atoms with Gasteiger partial charge >= 0.3 is 0 Å². The number of amides is 3. The van der Waals surface area contributed by atoms with E-state index in [1.807, 2.05) is 6.92 Å². The van der Waals surface area contributed by atoms with Gasteiger partial charge in [-0.2, -0.15) is 0 Å². The normalized spacial score (nSPS) is 10.3. The van der Waals surface area contributed by atoms with E-state index >= 15 is 0 Å². The molecule has 2 aromatic rings. The van der Waals surface area contributed by atoms with Crippen molar-refractivity contribution >= 4 is 46.8 Å². The van der Waals surface area contributed by atoms with Crippen molar-refractivity contribution in [2.24, 2.45) is 0 Å². The Kier molecular flexibility index (Phi) is 9.79. The number of rotatable bonds is 8. The molecule has 10 heteroatoms. The number of halogens is 1. The smallest absolute Gasteiger partial charge is 0.250 e. The molecule has 0 aliphatic rings. The van der Waals surface area contributed by atoms with Gasteiger partial charge in [0.25, 0.3) is 0 Å². The van der Waals surface area contributed by atoms with Gasteiger partial charge in [-0.1, -0.05) is 12.1 Å². The molecular formula is C22H23FN4O4S. The lowest BCUT2D eigenvalue weighted by Crippen LogP contribution is -2.48. The number of carbonyl (C=O) groups is 3.